The Kier molecular flexibility index (Phi) is 9.48. The highest BCUT2D eigenvalue weighted by Crippen LogP contribution is 2.56. The fourth-order valence-corrected chi connectivity index (χ4v) is 9.82. The molecule has 62 heavy (non-hydrogen) atoms. The highest BCUT2D eigenvalue weighted by molar-refractivity contribution is 5.98. The van der Waals surface area contributed by atoms with E-state index in [4.69, 9.17) is 0 Å². The van der Waals surface area contributed by atoms with Gasteiger partial charge in [-0.3, -0.25) is 0 Å². The van der Waals surface area contributed by atoms with Crippen LogP contribution in [0.5, 0.6) is 0 Å². The van der Waals surface area contributed by atoms with Crippen LogP contribution in [-0.2, 0) is 5.41 Å². The number of fused-ring (bicyclic) bond motifs is 6. The maximum absolute atomic E-state index is 2.44. The Labute approximate surface area is 364 Å². The third-order valence-corrected chi connectivity index (χ3v) is 12.6. The van der Waals surface area contributed by atoms with E-state index < -0.39 is 5.41 Å². The summed E-state index contributed by atoms with van der Waals surface area (Å²) >= 11 is 0. The van der Waals surface area contributed by atoms with E-state index >= 15 is 0 Å². The van der Waals surface area contributed by atoms with Crippen LogP contribution >= 0.6 is 0 Å². The zero-order chi connectivity index (χ0) is 41.3. The molecule has 0 aromatic heterocycles. The van der Waals surface area contributed by atoms with E-state index in [1.54, 1.807) is 0 Å². The highest BCUT2D eigenvalue weighted by Gasteiger charge is 2.43. The number of nitrogens with zero attached hydrogens (tertiary/aromatic N) is 1. The molecule has 0 N–H and O–H groups in total. The average Bonchev–Trinajstić information content (AvgIpc) is 3.36. The normalized spacial score (nSPS) is 13.9. The predicted molar refractivity (Wildman–Crippen MR) is 260 cm³/mol. The van der Waals surface area contributed by atoms with Crippen LogP contribution in [0.2, 0.25) is 0 Å². The summed E-state index contributed by atoms with van der Waals surface area (Å²) in [7, 11) is 0. The molecule has 1 atom stereocenters. The molecule has 0 radical (unpaired) electrons. The topological polar surface area (TPSA) is 3.24 Å². The minimum Gasteiger partial charge on any atom is -0.311 e. The molecule has 0 fully saturated rings. The zero-order valence-electron chi connectivity index (χ0n) is 34.3. The van der Waals surface area contributed by atoms with E-state index in [0.29, 0.717) is 0 Å². The maximum Gasteiger partial charge on any atom is 0.0713 e. The molecule has 11 rings (SSSR count). The van der Waals surface area contributed by atoms with Gasteiger partial charge in [-0.25, -0.2) is 0 Å². The summed E-state index contributed by atoms with van der Waals surface area (Å²) in [4.78, 5) is 2.33. The second-order valence-electron chi connectivity index (χ2n) is 16.0. The Morgan fingerprint density at radius 2 is 0.645 bits per heavy atom. The van der Waals surface area contributed by atoms with Crippen molar-refractivity contribution in [2.45, 2.75) is 5.41 Å². The lowest BCUT2D eigenvalue weighted by molar-refractivity contribution is 0.749. The van der Waals surface area contributed by atoms with Gasteiger partial charge in [0, 0.05) is 17.1 Å². The van der Waals surface area contributed by atoms with Crippen LogP contribution < -0.4 is 4.90 Å². The van der Waals surface area contributed by atoms with Gasteiger partial charge in [0.1, 0.15) is 0 Å². The van der Waals surface area contributed by atoms with Crippen molar-refractivity contribution in [2.75, 3.05) is 4.90 Å². The molecule has 0 saturated heterocycles. The van der Waals surface area contributed by atoms with Crippen molar-refractivity contribution in [1.29, 1.82) is 0 Å². The molecule has 1 nitrogen and oxygen atoms in total. The van der Waals surface area contributed by atoms with E-state index in [1.165, 1.54) is 72.3 Å². The summed E-state index contributed by atoms with van der Waals surface area (Å²) in [6, 6.07) is 95.5. The van der Waals surface area contributed by atoms with E-state index in [-0.39, 0.29) is 0 Å². The lowest BCUT2D eigenvalue weighted by Crippen LogP contribution is -2.33. The van der Waals surface area contributed by atoms with Crippen molar-refractivity contribution in [3.8, 4) is 55.6 Å². The molecule has 1 aliphatic rings. The van der Waals surface area contributed by atoms with Crippen LogP contribution in [0.1, 0.15) is 22.3 Å². The van der Waals surface area contributed by atoms with Crippen molar-refractivity contribution >= 4 is 17.1 Å². The Balaban J connectivity index is 1.09. The number of hydrogen-bond acceptors (Lipinski definition) is 1. The minimum atomic E-state index is -0.668. The van der Waals surface area contributed by atoms with Crippen molar-refractivity contribution in [3.05, 3.63) is 283 Å². The van der Waals surface area contributed by atoms with E-state index in [0.717, 1.165) is 22.6 Å². The number of para-hydroxylation sites is 1. The van der Waals surface area contributed by atoms with Crippen LogP contribution in [0.4, 0.5) is 17.1 Å². The summed E-state index contributed by atoms with van der Waals surface area (Å²) in [5.41, 5.74) is 19.8. The first-order valence-corrected chi connectivity index (χ1v) is 21.4. The van der Waals surface area contributed by atoms with Gasteiger partial charge in [-0.05, 0) is 120 Å². The smallest absolute Gasteiger partial charge is 0.0713 e. The molecule has 1 heteroatoms. The standard InChI is InChI=1S/C61H43N/c1-5-19-44(20-6-1)45-35-39-52(40-36-45)62(51-27-11-4-12-28-51)53-41-37-46(38-42-53)48-23-17-26-50(43-48)61(49-24-9-3-10-25-49)58-33-16-15-31-56(58)54-29-13-14-30-55(54)57-32-18-34-59(61)60(57)47-21-7-2-8-22-47/h1-43H. The van der Waals surface area contributed by atoms with Gasteiger partial charge in [0.2, 0.25) is 0 Å². The third-order valence-electron chi connectivity index (χ3n) is 12.6. The van der Waals surface area contributed by atoms with E-state index in [1.807, 2.05) is 0 Å². The van der Waals surface area contributed by atoms with Crippen molar-refractivity contribution in [1.82, 2.24) is 0 Å². The van der Waals surface area contributed by atoms with E-state index in [9.17, 15) is 0 Å². The molecular formula is C61H43N. The van der Waals surface area contributed by atoms with Crippen LogP contribution in [0.15, 0.2) is 261 Å². The summed E-state index contributed by atoms with van der Waals surface area (Å²) in [6.45, 7) is 0. The number of rotatable bonds is 8. The van der Waals surface area contributed by atoms with Gasteiger partial charge < -0.3 is 4.90 Å². The molecule has 0 amide bonds. The number of anilines is 3. The fourth-order valence-electron chi connectivity index (χ4n) is 9.82. The lowest BCUT2D eigenvalue weighted by atomic mass is 9.60. The molecule has 0 aliphatic heterocycles. The first-order chi connectivity index (χ1) is 30.8. The Hall–Kier alpha value is -8.00. The molecule has 2 bridgehead atoms. The van der Waals surface area contributed by atoms with Gasteiger partial charge in [-0.2, -0.15) is 0 Å². The summed E-state index contributed by atoms with van der Waals surface area (Å²) in [5.74, 6) is 0. The SMILES string of the molecule is c1ccc(-c2ccc(N(c3ccccc3)c3ccc(-c4cccc(C5(c6ccccc6)c6ccccc6-c6ccccc6-c6cccc5c6-c5ccccc5)c4)cc3)cc2)cc1. The summed E-state index contributed by atoms with van der Waals surface area (Å²) in [6.07, 6.45) is 0. The second-order valence-corrected chi connectivity index (χ2v) is 16.0. The zero-order valence-corrected chi connectivity index (χ0v) is 34.3. The van der Waals surface area contributed by atoms with Crippen molar-refractivity contribution in [2.24, 2.45) is 0 Å². The Morgan fingerprint density at radius 3 is 1.29 bits per heavy atom. The average molecular weight is 790 g/mol. The fraction of sp³-hybridized carbons (Fsp3) is 0.0164. The molecule has 1 unspecified atom stereocenters. The molecule has 1 aliphatic carbocycles. The van der Waals surface area contributed by atoms with Crippen LogP contribution in [0, 0.1) is 0 Å². The highest BCUT2D eigenvalue weighted by atomic mass is 15.1. The van der Waals surface area contributed by atoms with Crippen LogP contribution in [0.3, 0.4) is 0 Å². The molecule has 0 heterocycles. The van der Waals surface area contributed by atoms with Gasteiger partial charge in [0.15, 0.2) is 0 Å². The van der Waals surface area contributed by atoms with Gasteiger partial charge in [-0.15, -0.1) is 0 Å². The molecule has 292 valence electrons. The maximum atomic E-state index is 2.44. The largest absolute Gasteiger partial charge is 0.311 e. The lowest BCUT2D eigenvalue weighted by Gasteiger charge is -2.41. The van der Waals surface area contributed by atoms with Gasteiger partial charge in [-0.1, -0.05) is 218 Å². The number of benzene rings is 10. The van der Waals surface area contributed by atoms with Crippen molar-refractivity contribution in [3.63, 3.8) is 0 Å². The Morgan fingerprint density at radius 1 is 0.242 bits per heavy atom. The predicted octanol–water partition coefficient (Wildman–Crippen LogP) is 16.2. The van der Waals surface area contributed by atoms with Gasteiger partial charge in [0.25, 0.3) is 0 Å². The first-order valence-electron chi connectivity index (χ1n) is 21.4. The third kappa shape index (κ3) is 6.35. The molecule has 0 saturated carbocycles. The van der Waals surface area contributed by atoms with Crippen molar-refractivity contribution < 1.29 is 0 Å². The van der Waals surface area contributed by atoms with Gasteiger partial charge >= 0.3 is 0 Å². The number of hydrogen-bond donors (Lipinski definition) is 0. The second kappa shape index (κ2) is 15.9. The molecular weight excluding hydrogens is 747 g/mol. The monoisotopic (exact) mass is 789 g/mol. The van der Waals surface area contributed by atoms with E-state index in [2.05, 4.69) is 266 Å². The van der Waals surface area contributed by atoms with Gasteiger partial charge in [0.05, 0.1) is 5.41 Å². The summed E-state index contributed by atoms with van der Waals surface area (Å²) in [5, 5.41) is 0. The molecule has 0 spiro atoms. The minimum absolute atomic E-state index is 0.668. The molecule has 10 aromatic carbocycles. The van der Waals surface area contributed by atoms with Crippen LogP contribution in [-0.4, -0.2) is 0 Å². The van der Waals surface area contributed by atoms with Crippen LogP contribution in [0.25, 0.3) is 55.6 Å². The quantitative estimate of drug-likeness (QED) is 0.148. The summed E-state index contributed by atoms with van der Waals surface area (Å²) < 4.78 is 0. The molecule has 10 aromatic rings. The Bertz CT molecular complexity index is 3140. The first kappa shape index (κ1) is 37.0.